The molecule has 0 atom stereocenters. The van der Waals surface area contributed by atoms with E-state index in [4.69, 9.17) is 4.42 Å². The number of furan rings is 1. The molecule has 0 aromatic carbocycles. The normalized spacial score (nSPS) is 9.92. The van der Waals surface area contributed by atoms with Crippen LogP contribution < -0.4 is 0 Å². The number of carbonyl (C=O) groups is 2. The Hall–Kier alpha value is -1.42. The molecule has 0 aliphatic heterocycles. The first-order valence-electron chi connectivity index (χ1n) is 3.81. The van der Waals surface area contributed by atoms with Gasteiger partial charge in [0.1, 0.15) is 6.61 Å². The van der Waals surface area contributed by atoms with Gasteiger partial charge in [-0.25, -0.2) is 0 Å². The Morgan fingerprint density at radius 3 is 2.85 bits per heavy atom. The zero-order valence-corrected chi connectivity index (χ0v) is 7.28. The smallest absolute Gasteiger partial charge is 0.205 e. The molecule has 0 N–H and O–H groups in total. The molecular formula is C9H10O4. The molecule has 4 nitrogen and oxygen atoms in total. The van der Waals surface area contributed by atoms with E-state index in [2.05, 4.69) is 4.74 Å². The molecule has 1 heterocycles. The van der Waals surface area contributed by atoms with Gasteiger partial charge in [0.15, 0.2) is 11.5 Å². The summed E-state index contributed by atoms with van der Waals surface area (Å²) in [5, 5.41) is 0. The Morgan fingerprint density at radius 1 is 1.54 bits per heavy atom. The van der Waals surface area contributed by atoms with Crippen LogP contribution in [0.5, 0.6) is 0 Å². The first-order valence-corrected chi connectivity index (χ1v) is 3.81. The second-order valence-corrected chi connectivity index (χ2v) is 2.55. The standard InChI is InChI=1S/C9H10O4/c1-12-6-7(10)5-8(11)9-3-2-4-13-9/h2-4H,5-6H2,1H3. The third kappa shape index (κ3) is 2.83. The lowest BCUT2D eigenvalue weighted by Crippen LogP contribution is -2.12. The maximum absolute atomic E-state index is 11.2. The molecule has 13 heavy (non-hydrogen) atoms. The first kappa shape index (κ1) is 9.67. The number of hydrogen-bond donors (Lipinski definition) is 0. The molecule has 4 heteroatoms. The molecule has 0 bridgehead atoms. The van der Waals surface area contributed by atoms with E-state index in [1.807, 2.05) is 0 Å². The van der Waals surface area contributed by atoms with Gasteiger partial charge in [0, 0.05) is 7.11 Å². The summed E-state index contributed by atoms with van der Waals surface area (Å²) in [6.45, 7) is -0.0353. The number of methoxy groups -OCH3 is 1. The summed E-state index contributed by atoms with van der Waals surface area (Å²) < 4.78 is 9.42. The number of carbonyl (C=O) groups excluding carboxylic acids is 2. The molecule has 0 spiro atoms. The van der Waals surface area contributed by atoms with Crippen LogP contribution >= 0.6 is 0 Å². The quantitative estimate of drug-likeness (QED) is 0.504. The van der Waals surface area contributed by atoms with Crippen LogP contribution in [0.3, 0.4) is 0 Å². The highest BCUT2D eigenvalue weighted by Crippen LogP contribution is 2.04. The lowest BCUT2D eigenvalue weighted by Gasteiger charge is -1.96. The van der Waals surface area contributed by atoms with Gasteiger partial charge in [-0.2, -0.15) is 0 Å². The van der Waals surface area contributed by atoms with Gasteiger partial charge in [0.25, 0.3) is 0 Å². The van der Waals surface area contributed by atoms with Crippen molar-refractivity contribution in [1.82, 2.24) is 0 Å². The van der Waals surface area contributed by atoms with Crippen LogP contribution in [-0.4, -0.2) is 25.3 Å². The SMILES string of the molecule is COCC(=O)CC(=O)c1ccco1. The Labute approximate surface area is 75.5 Å². The fourth-order valence-corrected chi connectivity index (χ4v) is 0.915. The first-order chi connectivity index (χ1) is 6.24. The second kappa shape index (κ2) is 4.57. The molecule has 1 aromatic heterocycles. The van der Waals surface area contributed by atoms with Gasteiger partial charge in [-0.1, -0.05) is 0 Å². The Bertz CT molecular complexity index is 287. The molecule has 0 amide bonds. The van der Waals surface area contributed by atoms with Crippen LogP contribution in [-0.2, 0) is 9.53 Å². The van der Waals surface area contributed by atoms with Crippen molar-refractivity contribution < 1.29 is 18.7 Å². The predicted octanol–water partition coefficient (Wildman–Crippen LogP) is 1.07. The summed E-state index contributed by atoms with van der Waals surface area (Å²) in [5.74, 6) is -0.347. The Morgan fingerprint density at radius 2 is 2.31 bits per heavy atom. The van der Waals surface area contributed by atoms with E-state index in [0.717, 1.165) is 0 Å². The molecule has 0 aliphatic carbocycles. The molecule has 0 fully saturated rings. The van der Waals surface area contributed by atoms with Gasteiger partial charge < -0.3 is 9.15 Å². The van der Waals surface area contributed by atoms with Crippen molar-refractivity contribution in [3.8, 4) is 0 Å². The second-order valence-electron chi connectivity index (χ2n) is 2.55. The van der Waals surface area contributed by atoms with E-state index in [1.54, 1.807) is 6.07 Å². The van der Waals surface area contributed by atoms with Crippen LogP contribution in [0.15, 0.2) is 22.8 Å². The van der Waals surface area contributed by atoms with Gasteiger partial charge in [0.05, 0.1) is 12.7 Å². The maximum atomic E-state index is 11.2. The fourth-order valence-electron chi connectivity index (χ4n) is 0.915. The van der Waals surface area contributed by atoms with Crippen LogP contribution in [0.1, 0.15) is 17.0 Å². The fraction of sp³-hybridized carbons (Fsp3) is 0.333. The van der Waals surface area contributed by atoms with Crippen molar-refractivity contribution in [2.24, 2.45) is 0 Å². The minimum Gasteiger partial charge on any atom is -0.461 e. The zero-order valence-electron chi connectivity index (χ0n) is 7.28. The minimum atomic E-state index is -0.313. The van der Waals surface area contributed by atoms with E-state index < -0.39 is 0 Å². The molecular weight excluding hydrogens is 172 g/mol. The summed E-state index contributed by atoms with van der Waals surface area (Å²) in [4.78, 5) is 22.2. The number of ketones is 2. The maximum Gasteiger partial charge on any atom is 0.205 e. The number of hydrogen-bond acceptors (Lipinski definition) is 4. The van der Waals surface area contributed by atoms with E-state index >= 15 is 0 Å². The van der Waals surface area contributed by atoms with Gasteiger partial charge in [-0.15, -0.1) is 0 Å². The minimum absolute atomic E-state index is 0.0353. The van der Waals surface area contributed by atoms with E-state index in [-0.39, 0.29) is 30.4 Å². The van der Waals surface area contributed by atoms with Crippen LogP contribution in [0.25, 0.3) is 0 Å². The number of ether oxygens (including phenoxy) is 1. The highest BCUT2D eigenvalue weighted by molar-refractivity contribution is 6.06. The summed E-state index contributed by atoms with van der Waals surface area (Å²) in [6.07, 6.45) is 1.23. The zero-order chi connectivity index (χ0) is 9.68. The van der Waals surface area contributed by atoms with E-state index in [0.29, 0.717) is 0 Å². The van der Waals surface area contributed by atoms with Gasteiger partial charge in [0.2, 0.25) is 5.78 Å². The third-order valence-corrected chi connectivity index (χ3v) is 1.46. The Balaban J connectivity index is 2.47. The molecule has 0 unspecified atom stereocenters. The number of rotatable bonds is 5. The monoisotopic (exact) mass is 182 g/mol. The molecule has 0 aliphatic rings. The van der Waals surface area contributed by atoms with Crippen LogP contribution in [0.2, 0.25) is 0 Å². The average molecular weight is 182 g/mol. The van der Waals surface area contributed by atoms with E-state index in [1.165, 1.54) is 19.4 Å². The highest BCUT2D eigenvalue weighted by Gasteiger charge is 2.13. The third-order valence-electron chi connectivity index (χ3n) is 1.46. The molecule has 0 radical (unpaired) electrons. The molecule has 1 rings (SSSR count). The van der Waals surface area contributed by atoms with Gasteiger partial charge in [-0.3, -0.25) is 9.59 Å². The summed E-state index contributed by atoms with van der Waals surface area (Å²) >= 11 is 0. The summed E-state index contributed by atoms with van der Waals surface area (Å²) in [6, 6.07) is 3.14. The van der Waals surface area contributed by atoms with Gasteiger partial charge in [-0.05, 0) is 12.1 Å². The molecule has 1 aromatic rings. The molecule has 70 valence electrons. The van der Waals surface area contributed by atoms with Crippen LogP contribution in [0, 0.1) is 0 Å². The van der Waals surface area contributed by atoms with Crippen molar-refractivity contribution in [1.29, 1.82) is 0 Å². The van der Waals surface area contributed by atoms with Crippen molar-refractivity contribution >= 4 is 11.6 Å². The summed E-state index contributed by atoms with van der Waals surface area (Å²) in [7, 11) is 1.41. The van der Waals surface area contributed by atoms with Gasteiger partial charge >= 0.3 is 0 Å². The lowest BCUT2D eigenvalue weighted by molar-refractivity contribution is -0.121. The van der Waals surface area contributed by atoms with E-state index in [9.17, 15) is 9.59 Å². The molecule has 0 saturated heterocycles. The number of Topliss-reactive ketones (excluding diaryl/α,β-unsaturated/α-hetero) is 2. The van der Waals surface area contributed by atoms with Crippen molar-refractivity contribution in [2.45, 2.75) is 6.42 Å². The lowest BCUT2D eigenvalue weighted by atomic mass is 10.2. The van der Waals surface area contributed by atoms with Crippen LogP contribution in [0.4, 0.5) is 0 Å². The van der Waals surface area contributed by atoms with Crippen molar-refractivity contribution in [3.05, 3.63) is 24.2 Å². The Kier molecular flexibility index (Phi) is 3.40. The molecule has 0 saturated carbocycles. The average Bonchev–Trinajstić information content (AvgIpc) is 2.55. The summed E-state index contributed by atoms with van der Waals surface area (Å²) in [5.41, 5.74) is 0. The topological polar surface area (TPSA) is 56.5 Å². The predicted molar refractivity (Wildman–Crippen MR) is 44.5 cm³/mol. The van der Waals surface area contributed by atoms with Crippen molar-refractivity contribution in [3.63, 3.8) is 0 Å². The largest absolute Gasteiger partial charge is 0.461 e. The van der Waals surface area contributed by atoms with Crippen molar-refractivity contribution in [2.75, 3.05) is 13.7 Å². The highest BCUT2D eigenvalue weighted by atomic mass is 16.5.